The van der Waals surface area contributed by atoms with E-state index in [1.54, 1.807) is 16.7 Å². The van der Waals surface area contributed by atoms with E-state index in [4.69, 9.17) is 9.26 Å². The Morgan fingerprint density at radius 3 is 1.94 bits per heavy atom. The van der Waals surface area contributed by atoms with Gasteiger partial charge < -0.3 is 19.6 Å². The summed E-state index contributed by atoms with van der Waals surface area (Å²) in [4.78, 5) is 57.2. The largest absolute Gasteiger partial charge is 0.480 e. The van der Waals surface area contributed by atoms with E-state index in [-0.39, 0.29) is 42.4 Å². The van der Waals surface area contributed by atoms with Gasteiger partial charge in [0, 0.05) is 31.6 Å². The lowest BCUT2D eigenvalue weighted by atomic mass is 9.79. The molecule has 5 rings (SSSR count). The molecule has 2 saturated carbocycles. The van der Waals surface area contributed by atoms with Crippen molar-refractivity contribution in [2.75, 3.05) is 25.4 Å². The number of benzene rings is 1. The molecule has 290 valence electrons. The first-order chi connectivity index (χ1) is 25.0. The molecule has 2 amide bonds. The average Bonchev–Trinajstić information content (AvgIpc) is 3.81. The smallest absolute Gasteiger partial charge is 0.326 e. The SMILES string of the molecule is CCC(=O)O[C@@H](OP(=O)(CCCCc1ccccc1)CC(=O)N1C[C@H](C2CCCCC2)C[C@H]1C(=O)N1C[C@H](C2CCCCC2)C[C@@H]1C(=O)O)C(C)C. The third-order valence-corrected chi connectivity index (χ3v) is 14.6. The summed E-state index contributed by atoms with van der Waals surface area (Å²) in [6.45, 7) is 6.15. The molecule has 4 aliphatic rings. The molecule has 52 heavy (non-hydrogen) atoms. The third kappa shape index (κ3) is 10.7. The first kappa shape index (κ1) is 40.5. The number of likely N-dealkylation sites (tertiary alicyclic amines) is 2. The molecular weight excluding hydrogens is 679 g/mol. The number of aliphatic carboxylic acids is 1. The van der Waals surface area contributed by atoms with E-state index >= 15 is 0 Å². The van der Waals surface area contributed by atoms with Gasteiger partial charge in [0.25, 0.3) is 0 Å². The van der Waals surface area contributed by atoms with Crippen molar-refractivity contribution in [3.8, 4) is 0 Å². The van der Waals surface area contributed by atoms with Crippen LogP contribution in [0.5, 0.6) is 0 Å². The number of hydrogen-bond acceptors (Lipinski definition) is 7. The molecule has 1 aromatic carbocycles. The number of ether oxygens (including phenoxy) is 1. The number of aryl methyl sites for hydroxylation is 1. The van der Waals surface area contributed by atoms with Gasteiger partial charge in [-0.3, -0.25) is 23.5 Å². The number of amides is 2. The molecule has 1 aromatic rings. The summed E-state index contributed by atoms with van der Waals surface area (Å²) in [5.74, 6) is -1.34. The summed E-state index contributed by atoms with van der Waals surface area (Å²) in [6.07, 6.45) is 13.1. The fourth-order valence-electron chi connectivity index (χ4n) is 9.28. The second-order valence-corrected chi connectivity index (χ2v) is 19.0. The summed E-state index contributed by atoms with van der Waals surface area (Å²) >= 11 is 0. The van der Waals surface area contributed by atoms with Gasteiger partial charge in [0.05, 0.1) is 0 Å². The monoisotopic (exact) mass is 742 g/mol. The summed E-state index contributed by atoms with van der Waals surface area (Å²) in [5, 5.41) is 10.3. The zero-order valence-electron chi connectivity index (χ0n) is 31.8. The number of unbranched alkanes of at least 4 members (excludes halogenated alkanes) is 1. The fourth-order valence-corrected chi connectivity index (χ4v) is 11.6. The Kier molecular flexibility index (Phi) is 14.8. The molecule has 4 fully saturated rings. The molecule has 2 aliphatic heterocycles. The van der Waals surface area contributed by atoms with Crippen LogP contribution < -0.4 is 0 Å². The zero-order valence-corrected chi connectivity index (χ0v) is 32.7. The number of carboxylic acids is 1. The number of nitrogens with zero attached hydrogens (tertiary/aromatic N) is 2. The third-order valence-electron chi connectivity index (χ3n) is 12.3. The average molecular weight is 743 g/mol. The summed E-state index contributed by atoms with van der Waals surface area (Å²) in [6, 6.07) is 8.36. The highest BCUT2D eigenvalue weighted by Crippen LogP contribution is 2.51. The van der Waals surface area contributed by atoms with Crippen LogP contribution in [0.15, 0.2) is 30.3 Å². The first-order valence-corrected chi connectivity index (χ1v) is 22.3. The second kappa shape index (κ2) is 19.1. The van der Waals surface area contributed by atoms with Crippen molar-refractivity contribution in [2.45, 2.75) is 142 Å². The Labute approximate surface area is 311 Å². The maximum Gasteiger partial charge on any atom is 0.326 e. The van der Waals surface area contributed by atoms with Gasteiger partial charge in [-0.25, -0.2) is 4.79 Å². The van der Waals surface area contributed by atoms with Crippen LogP contribution in [0.25, 0.3) is 0 Å². The van der Waals surface area contributed by atoms with Crippen molar-refractivity contribution >= 4 is 31.1 Å². The van der Waals surface area contributed by atoms with Crippen molar-refractivity contribution < 1.29 is 38.1 Å². The molecule has 2 heterocycles. The molecule has 2 saturated heterocycles. The lowest BCUT2D eigenvalue weighted by molar-refractivity contribution is -0.169. The van der Waals surface area contributed by atoms with Crippen LogP contribution >= 0.6 is 7.37 Å². The Morgan fingerprint density at radius 1 is 0.808 bits per heavy atom. The summed E-state index contributed by atoms with van der Waals surface area (Å²) in [5.41, 5.74) is 1.17. The summed E-state index contributed by atoms with van der Waals surface area (Å²) < 4.78 is 26.6. The van der Waals surface area contributed by atoms with Crippen LogP contribution in [0.4, 0.5) is 0 Å². The minimum absolute atomic E-state index is 0.123. The van der Waals surface area contributed by atoms with Gasteiger partial charge in [0.1, 0.15) is 18.2 Å². The summed E-state index contributed by atoms with van der Waals surface area (Å²) in [7, 11) is -3.70. The van der Waals surface area contributed by atoms with E-state index in [0.717, 1.165) is 64.2 Å². The van der Waals surface area contributed by atoms with Crippen molar-refractivity contribution in [1.82, 2.24) is 9.80 Å². The molecule has 11 heteroatoms. The van der Waals surface area contributed by atoms with Crippen LogP contribution in [0.2, 0.25) is 0 Å². The standard InChI is InChI=1S/C41H63N2O8P/c1-4-38(45)50-41(29(2)3)51-52(49,23-15-14-18-30-16-8-5-9-17-30)28-37(44)42-26-33(31-19-10-6-11-20-31)24-35(42)39(46)43-27-34(25-36(43)40(47)48)32-21-12-7-13-22-32/h5,8-9,16-17,29,31-36,41H,4,6-7,10-15,18-28H2,1-3H3,(H,47,48)/t33-,34-,35+,36-,41+,52?/m1/s1. The highest BCUT2D eigenvalue weighted by Gasteiger charge is 2.50. The van der Waals surface area contributed by atoms with E-state index in [1.165, 1.54) is 18.4 Å². The van der Waals surface area contributed by atoms with E-state index in [9.17, 15) is 28.8 Å². The van der Waals surface area contributed by atoms with Gasteiger partial charge in [-0.1, -0.05) is 115 Å². The van der Waals surface area contributed by atoms with Crippen LogP contribution in [-0.2, 0) is 39.4 Å². The molecule has 0 aromatic heterocycles. The number of rotatable bonds is 16. The number of esters is 1. The van der Waals surface area contributed by atoms with E-state index in [1.807, 2.05) is 32.0 Å². The Bertz CT molecular complexity index is 1390. The molecule has 0 radical (unpaired) electrons. The van der Waals surface area contributed by atoms with Crippen LogP contribution in [-0.4, -0.2) is 82.4 Å². The topological polar surface area (TPSA) is 131 Å². The van der Waals surface area contributed by atoms with Gasteiger partial charge >= 0.3 is 11.9 Å². The maximum atomic E-state index is 14.8. The van der Waals surface area contributed by atoms with Crippen LogP contribution in [0.3, 0.4) is 0 Å². The minimum Gasteiger partial charge on any atom is -0.480 e. The highest BCUT2D eigenvalue weighted by molar-refractivity contribution is 7.59. The molecule has 0 bridgehead atoms. The van der Waals surface area contributed by atoms with Crippen molar-refractivity contribution in [3.63, 3.8) is 0 Å². The fraction of sp³-hybridized carbons (Fsp3) is 0.756. The molecule has 1 unspecified atom stereocenters. The Balaban J connectivity index is 1.37. The normalized spacial score (nSPS) is 26.3. The van der Waals surface area contributed by atoms with Crippen molar-refractivity contribution in [1.29, 1.82) is 0 Å². The maximum absolute atomic E-state index is 14.8. The number of carbonyl (C=O) groups is 4. The Hall–Kier alpha value is -2.71. The molecule has 2 aliphatic carbocycles. The number of carbonyl (C=O) groups excluding carboxylic acids is 3. The molecule has 1 N–H and O–H groups in total. The lowest BCUT2D eigenvalue weighted by Crippen LogP contribution is -2.51. The van der Waals surface area contributed by atoms with Gasteiger partial charge in [-0.2, -0.15) is 0 Å². The van der Waals surface area contributed by atoms with Gasteiger partial charge in [0.15, 0.2) is 0 Å². The molecule has 10 nitrogen and oxygen atoms in total. The predicted molar refractivity (Wildman–Crippen MR) is 201 cm³/mol. The Morgan fingerprint density at radius 2 is 1.38 bits per heavy atom. The lowest BCUT2D eigenvalue weighted by Gasteiger charge is -2.32. The zero-order chi connectivity index (χ0) is 37.3. The molecule has 0 spiro atoms. The van der Waals surface area contributed by atoms with E-state index in [2.05, 4.69) is 12.1 Å². The minimum atomic E-state index is -3.70. The van der Waals surface area contributed by atoms with Gasteiger partial charge in [-0.05, 0) is 61.3 Å². The van der Waals surface area contributed by atoms with Crippen LogP contribution in [0, 0.1) is 29.6 Å². The quantitative estimate of drug-likeness (QED) is 0.0783. The van der Waals surface area contributed by atoms with Crippen molar-refractivity contribution in [2.24, 2.45) is 29.6 Å². The van der Waals surface area contributed by atoms with Crippen LogP contribution in [0.1, 0.15) is 123 Å². The number of carboxylic acid groups (broad SMARTS) is 1. The number of hydrogen-bond donors (Lipinski definition) is 1. The van der Waals surface area contributed by atoms with Gasteiger partial charge in [-0.15, -0.1) is 0 Å². The molecule has 6 atom stereocenters. The molecular formula is C41H63N2O8P. The predicted octanol–water partition coefficient (Wildman–Crippen LogP) is 7.92. The second-order valence-electron chi connectivity index (χ2n) is 16.4. The van der Waals surface area contributed by atoms with Gasteiger partial charge in [0.2, 0.25) is 25.5 Å². The van der Waals surface area contributed by atoms with E-state index in [0.29, 0.717) is 44.2 Å². The highest BCUT2D eigenvalue weighted by atomic mass is 31.2. The first-order valence-electron chi connectivity index (χ1n) is 20.3. The van der Waals surface area contributed by atoms with E-state index < -0.39 is 43.6 Å². The van der Waals surface area contributed by atoms with Crippen molar-refractivity contribution in [3.05, 3.63) is 35.9 Å².